The van der Waals surface area contributed by atoms with Crippen molar-refractivity contribution in [2.24, 2.45) is 0 Å². The summed E-state index contributed by atoms with van der Waals surface area (Å²) < 4.78 is 0. The number of carbonyl (C=O) groups is 1. The number of ketones is 1. The minimum absolute atomic E-state index is 0.0675. The van der Waals surface area contributed by atoms with Crippen molar-refractivity contribution in [1.29, 1.82) is 0 Å². The molecular weight excluding hydrogens is 228 g/mol. The number of aromatic hydroxyl groups is 2. The van der Waals surface area contributed by atoms with E-state index in [0.717, 1.165) is 6.07 Å². The van der Waals surface area contributed by atoms with E-state index in [9.17, 15) is 9.90 Å². The number of benzene rings is 2. The van der Waals surface area contributed by atoms with E-state index in [2.05, 4.69) is 0 Å². The van der Waals surface area contributed by atoms with Crippen molar-refractivity contribution in [2.75, 3.05) is 0 Å². The van der Waals surface area contributed by atoms with E-state index >= 15 is 0 Å². The largest absolute Gasteiger partial charge is 0.508 e. The van der Waals surface area contributed by atoms with Crippen LogP contribution in [0.4, 0.5) is 0 Å². The van der Waals surface area contributed by atoms with E-state index in [1.54, 1.807) is 24.3 Å². The lowest BCUT2D eigenvalue weighted by Gasteiger charge is -2.04. The van der Waals surface area contributed by atoms with Crippen LogP contribution in [-0.2, 0) is 0 Å². The second kappa shape index (κ2) is 6.45. The summed E-state index contributed by atoms with van der Waals surface area (Å²) in [5.41, 5.74) is 0.687. The molecule has 0 bridgehead atoms. The first-order valence-corrected chi connectivity index (χ1v) is 5.80. The lowest BCUT2D eigenvalue weighted by Crippen LogP contribution is -2.00. The van der Waals surface area contributed by atoms with Gasteiger partial charge in [-0.2, -0.15) is 0 Å². The molecule has 3 nitrogen and oxygen atoms in total. The molecule has 0 aliphatic carbocycles. The second-order valence-corrected chi connectivity index (χ2v) is 3.40. The van der Waals surface area contributed by atoms with Crippen molar-refractivity contribution in [1.82, 2.24) is 0 Å². The fourth-order valence-electron chi connectivity index (χ4n) is 1.46. The van der Waals surface area contributed by atoms with Gasteiger partial charge in [0.05, 0.1) is 5.56 Å². The molecule has 0 fully saturated rings. The van der Waals surface area contributed by atoms with Gasteiger partial charge in [0.2, 0.25) is 0 Å². The molecule has 0 saturated carbocycles. The van der Waals surface area contributed by atoms with Gasteiger partial charge in [-0.25, -0.2) is 0 Å². The molecular formula is C15H16O3. The van der Waals surface area contributed by atoms with Crippen molar-refractivity contribution in [3.8, 4) is 11.5 Å². The molecule has 3 heteroatoms. The zero-order chi connectivity index (χ0) is 13.5. The van der Waals surface area contributed by atoms with Gasteiger partial charge in [0.1, 0.15) is 11.5 Å². The average Bonchev–Trinajstić information content (AvgIpc) is 2.41. The van der Waals surface area contributed by atoms with E-state index in [1.807, 2.05) is 19.9 Å². The Morgan fingerprint density at radius 1 is 0.944 bits per heavy atom. The highest BCUT2D eigenvalue weighted by Crippen LogP contribution is 2.24. The molecule has 94 valence electrons. The van der Waals surface area contributed by atoms with Gasteiger partial charge < -0.3 is 10.2 Å². The quantitative estimate of drug-likeness (QED) is 0.796. The molecule has 2 N–H and O–H groups in total. The smallest absolute Gasteiger partial charge is 0.196 e. The lowest BCUT2D eigenvalue weighted by atomic mass is 10.0. The topological polar surface area (TPSA) is 57.5 Å². The van der Waals surface area contributed by atoms with E-state index in [4.69, 9.17) is 5.11 Å². The number of rotatable bonds is 2. The molecule has 2 aromatic rings. The van der Waals surface area contributed by atoms with Crippen LogP contribution in [0.1, 0.15) is 29.8 Å². The van der Waals surface area contributed by atoms with Gasteiger partial charge in [0.25, 0.3) is 0 Å². The van der Waals surface area contributed by atoms with Gasteiger partial charge in [-0.1, -0.05) is 44.2 Å². The monoisotopic (exact) mass is 244 g/mol. The van der Waals surface area contributed by atoms with Crippen LogP contribution in [0.15, 0.2) is 48.5 Å². The summed E-state index contributed by atoms with van der Waals surface area (Å²) in [6.07, 6.45) is 0. The predicted octanol–water partition coefficient (Wildman–Crippen LogP) is 3.36. The fourth-order valence-corrected chi connectivity index (χ4v) is 1.46. The summed E-state index contributed by atoms with van der Waals surface area (Å²) in [6.45, 7) is 4.00. The van der Waals surface area contributed by atoms with Crippen LogP contribution in [0, 0.1) is 0 Å². The van der Waals surface area contributed by atoms with Gasteiger partial charge in [0, 0.05) is 11.6 Å². The van der Waals surface area contributed by atoms with Gasteiger partial charge in [-0.15, -0.1) is 0 Å². The number of phenols is 2. The maximum Gasteiger partial charge on any atom is 0.196 e. The van der Waals surface area contributed by atoms with Crippen LogP contribution >= 0.6 is 0 Å². The molecule has 0 unspecified atom stereocenters. The van der Waals surface area contributed by atoms with E-state index in [-0.39, 0.29) is 22.8 Å². The molecule has 18 heavy (non-hydrogen) atoms. The standard InChI is InChI=1S/C13H10O3.C2H6/c14-10-6-7-11(12(15)8-10)13(16)9-4-2-1-3-5-9;1-2/h1-8,14-15H;1-2H3. The van der Waals surface area contributed by atoms with Gasteiger partial charge in [0.15, 0.2) is 5.78 Å². The van der Waals surface area contributed by atoms with Crippen LogP contribution in [0.2, 0.25) is 0 Å². The Kier molecular flexibility index (Phi) is 4.93. The Bertz CT molecular complexity index is 519. The van der Waals surface area contributed by atoms with Crippen LogP contribution in [0.5, 0.6) is 11.5 Å². The Labute approximate surface area is 106 Å². The molecule has 2 aromatic carbocycles. The zero-order valence-electron chi connectivity index (χ0n) is 10.4. The first-order valence-electron chi connectivity index (χ1n) is 5.80. The van der Waals surface area contributed by atoms with Gasteiger partial charge >= 0.3 is 0 Å². The SMILES string of the molecule is CC.O=C(c1ccccc1)c1ccc(O)cc1O. The highest BCUT2D eigenvalue weighted by molar-refractivity contribution is 6.10. The van der Waals surface area contributed by atoms with Gasteiger partial charge in [-0.05, 0) is 12.1 Å². The van der Waals surface area contributed by atoms with E-state index in [0.29, 0.717) is 5.56 Å². The molecule has 0 saturated heterocycles. The normalized spacial score (nSPS) is 9.22. The molecule has 0 atom stereocenters. The predicted molar refractivity (Wildman–Crippen MR) is 71.0 cm³/mol. The lowest BCUT2D eigenvalue weighted by molar-refractivity contribution is 0.103. The molecule has 2 rings (SSSR count). The van der Waals surface area contributed by atoms with Gasteiger partial charge in [-0.3, -0.25) is 4.79 Å². The number of hydrogen-bond acceptors (Lipinski definition) is 3. The third-order valence-corrected chi connectivity index (χ3v) is 2.26. The van der Waals surface area contributed by atoms with E-state index in [1.165, 1.54) is 12.1 Å². The van der Waals surface area contributed by atoms with Crippen molar-refractivity contribution >= 4 is 5.78 Å². The Morgan fingerprint density at radius 2 is 1.56 bits per heavy atom. The van der Waals surface area contributed by atoms with Crippen LogP contribution in [0.25, 0.3) is 0 Å². The number of phenolic OH excluding ortho intramolecular Hbond substituents is 2. The maximum atomic E-state index is 11.9. The molecule has 0 aliphatic heterocycles. The molecule has 0 spiro atoms. The second-order valence-electron chi connectivity index (χ2n) is 3.40. The minimum atomic E-state index is -0.266. The summed E-state index contributed by atoms with van der Waals surface area (Å²) >= 11 is 0. The first-order chi connectivity index (χ1) is 8.68. The minimum Gasteiger partial charge on any atom is -0.508 e. The number of hydrogen-bond donors (Lipinski definition) is 2. The molecule has 0 aliphatic rings. The van der Waals surface area contributed by atoms with Crippen LogP contribution in [0.3, 0.4) is 0 Å². The van der Waals surface area contributed by atoms with Crippen LogP contribution < -0.4 is 0 Å². The van der Waals surface area contributed by atoms with Crippen molar-refractivity contribution in [3.05, 3.63) is 59.7 Å². The van der Waals surface area contributed by atoms with Crippen molar-refractivity contribution < 1.29 is 15.0 Å². The average molecular weight is 244 g/mol. The number of carbonyl (C=O) groups excluding carboxylic acids is 1. The van der Waals surface area contributed by atoms with Crippen LogP contribution in [-0.4, -0.2) is 16.0 Å². The van der Waals surface area contributed by atoms with E-state index < -0.39 is 0 Å². The van der Waals surface area contributed by atoms with Crippen molar-refractivity contribution in [2.45, 2.75) is 13.8 Å². The third kappa shape index (κ3) is 3.10. The van der Waals surface area contributed by atoms with Crippen molar-refractivity contribution in [3.63, 3.8) is 0 Å². The first kappa shape index (κ1) is 13.8. The third-order valence-electron chi connectivity index (χ3n) is 2.26. The molecule has 0 aromatic heterocycles. The summed E-state index contributed by atoms with van der Waals surface area (Å²) in [5, 5.41) is 18.7. The molecule has 0 amide bonds. The Morgan fingerprint density at radius 3 is 2.11 bits per heavy atom. The molecule has 0 radical (unpaired) electrons. The summed E-state index contributed by atoms with van der Waals surface area (Å²) in [7, 11) is 0. The highest BCUT2D eigenvalue weighted by Gasteiger charge is 2.13. The summed E-state index contributed by atoms with van der Waals surface area (Å²) in [4.78, 5) is 11.9. The molecule has 0 heterocycles. The highest BCUT2D eigenvalue weighted by atomic mass is 16.3. The fraction of sp³-hybridized carbons (Fsp3) is 0.133. The zero-order valence-corrected chi connectivity index (χ0v) is 10.4. The summed E-state index contributed by atoms with van der Waals surface area (Å²) in [6, 6.07) is 12.6. The summed E-state index contributed by atoms with van der Waals surface area (Å²) in [5.74, 6) is -0.547. The Balaban J connectivity index is 0.000000771. The maximum absolute atomic E-state index is 11.9. The Hall–Kier alpha value is -2.29.